The van der Waals surface area contributed by atoms with E-state index in [2.05, 4.69) is 33.1 Å². The van der Waals surface area contributed by atoms with Crippen LogP contribution in [-0.2, 0) is 8.85 Å². The molecule has 0 radical (unpaired) electrons. The third-order valence-electron chi connectivity index (χ3n) is 4.24. The fourth-order valence-electron chi connectivity index (χ4n) is 3.08. The van der Waals surface area contributed by atoms with Crippen molar-refractivity contribution in [3.05, 3.63) is 0 Å². The van der Waals surface area contributed by atoms with Gasteiger partial charge in [0.2, 0.25) is 0 Å². The predicted molar refractivity (Wildman–Crippen MR) is 106 cm³/mol. The number of aliphatic hydroxyl groups excluding tert-OH is 1. The molecule has 0 fully saturated rings. The van der Waals surface area contributed by atoms with E-state index >= 15 is 0 Å². The van der Waals surface area contributed by atoms with E-state index in [1.807, 2.05) is 0 Å². The Balaban J connectivity index is 3.62. The Morgan fingerprint density at radius 1 is 0.696 bits per heavy atom. The predicted octanol–water partition coefficient (Wildman–Crippen LogP) is 5.56. The van der Waals surface area contributed by atoms with Crippen LogP contribution in [0.1, 0.15) is 58.3 Å². The summed E-state index contributed by atoms with van der Waals surface area (Å²) in [5, 5.41) is 8.62. The molecule has 0 aromatic carbocycles. The molecule has 0 bridgehead atoms. The minimum Gasteiger partial charge on any atom is -0.455 e. The van der Waals surface area contributed by atoms with Crippen LogP contribution in [0.25, 0.3) is 0 Å². The first-order valence-corrected chi connectivity index (χ1v) is 15.9. The fourth-order valence-corrected chi connectivity index (χ4v) is 12.2. The maximum atomic E-state index is 8.62. The van der Waals surface area contributed by atoms with Gasteiger partial charge in [-0.1, -0.05) is 51.9 Å². The zero-order valence-corrected chi connectivity index (χ0v) is 18.5. The number of unbranched alkanes of at least 4 members (excludes halogenated alkanes) is 6. The van der Waals surface area contributed by atoms with Crippen molar-refractivity contribution in [1.82, 2.24) is 0 Å². The first-order valence-electron chi connectivity index (χ1n) is 9.72. The maximum absolute atomic E-state index is 8.62. The Morgan fingerprint density at radius 2 is 1.22 bits per heavy atom. The normalized spacial score (nSPS) is 12.8. The maximum Gasteiger partial charge on any atom is 0.173 e. The van der Waals surface area contributed by atoms with Crippen LogP contribution < -0.4 is 0 Å². The molecular weight excluding hydrogens is 320 g/mol. The van der Waals surface area contributed by atoms with Crippen LogP contribution in [0.15, 0.2) is 0 Å². The zero-order valence-electron chi connectivity index (χ0n) is 16.5. The smallest absolute Gasteiger partial charge is 0.173 e. The van der Waals surface area contributed by atoms with E-state index in [4.69, 9.17) is 14.0 Å². The molecule has 0 aliphatic heterocycles. The number of aliphatic hydroxyl groups is 1. The third-order valence-corrected chi connectivity index (χ3v) is 11.8. The molecule has 0 saturated carbocycles. The highest BCUT2D eigenvalue weighted by Crippen LogP contribution is 2.25. The molecule has 3 nitrogen and oxygen atoms in total. The summed E-state index contributed by atoms with van der Waals surface area (Å²) in [7, 11) is -2.89. The molecule has 0 spiro atoms. The highest BCUT2D eigenvalue weighted by molar-refractivity contribution is 6.84. The van der Waals surface area contributed by atoms with Gasteiger partial charge in [0, 0.05) is 6.61 Å². The zero-order chi connectivity index (χ0) is 17.6. The second-order valence-corrected chi connectivity index (χ2v) is 16.8. The van der Waals surface area contributed by atoms with E-state index in [0.717, 1.165) is 13.0 Å². The SMILES string of the molecule is CCCC[Si](C)(C)O[Si](C)(C)CCCCCCCCOCCO. The summed E-state index contributed by atoms with van der Waals surface area (Å²) in [6, 6.07) is 2.63. The number of hydrogen-bond acceptors (Lipinski definition) is 3. The summed E-state index contributed by atoms with van der Waals surface area (Å²) in [6.07, 6.45) is 10.3. The van der Waals surface area contributed by atoms with Crippen LogP contribution in [-0.4, -0.2) is 41.6 Å². The number of ether oxygens (including phenoxy) is 1. The topological polar surface area (TPSA) is 38.7 Å². The summed E-state index contributed by atoms with van der Waals surface area (Å²) in [4.78, 5) is 0. The largest absolute Gasteiger partial charge is 0.455 e. The molecule has 0 atom stereocenters. The molecule has 0 aliphatic rings. The number of rotatable bonds is 16. The molecule has 140 valence electrons. The van der Waals surface area contributed by atoms with Gasteiger partial charge in [-0.05, 0) is 44.7 Å². The van der Waals surface area contributed by atoms with Gasteiger partial charge in [0.05, 0.1) is 13.2 Å². The van der Waals surface area contributed by atoms with Gasteiger partial charge in [-0.3, -0.25) is 0 Å². The minimum absolute atomic E-state index is 0.139. The van der Waals surface area contributed by atoms with Crippen molar-refractivity contribution in [3.63, 3.8) is 0 Å². The lowest BCUT2D eigenvalue weighted by atomic mass is 10.1. The average molecular weight is 363 g/mol. The Kier molecular flexibility index (Phi) is 13.8. The van der Waals surface area contributed by atoms with E-state index in [1.54, 1.807) is 0 Å². The molecule has 0 heterocycles. The van der Waals surface area contributed by atoms with Crippen molar-refractivity contribution in [2.75, 3.05) is 19.8 Å². The van der Waals surface area contributed by atoms with E-state index in [9.17, 15) is 0 Å². The van der Waals surface area contributed by atoms with Crippen LogP contribution in [0, 0.1) is 0 Å². The minimum atomic E-state index is -1.46. The molecule has 0 unspecified atom stereocenters. The van der Waals surface area contributed by atoms with Crippen molar-refractivity contribution in [1.29, 1.82) is 0 Å². The highest BCUT2D eigenvalue weighted by atomic mass is 28.4. The van der Waals surface area contributed by atoms with E-state index in [-0.39, 0.29) is 6.61 Å². The van der Waals surface area contributed by atoms with Gasteiger partial charge in [0.1, 0.15) is 0 Å². The van der Waals surface area contributed by atoms with Gasteiger partial charge >= 0.3 is 0 Å². The van der Waals surface area contributed by atoms with Gasteiger partial charge in [-0.25, -0.2) is 0 Å². The highest BCUT2D eigenvalue weighted by Gasteiger charge is 2.31. The molecule has 0 aliphatic carbocycles. The molecule has 0 amide bonds. The van der Waals surface area contributed by atoms with Gasteiger partial charge in [-0.2, -0.15) is 0 Å². The molecule has 5 heteroatoms. The van der Waals surface area contributed by atoms with Crippen molar-refractivity contribution in [3.8, 4) is 0 Å². The Bertz CT molecular complexity index is 271. The molecular formula is C18H42O3Si2. The molecule has 23 heavy (non-hydrogen) atoms. The third kappa shape index (κ3) is 15.6. The van der Waals surface area contributed by atoms with Gasteiger partial charge in [0.25, 0.3) is 0 Å². The molecule has 0 saturated heterocycles. The Morgan fingerprint density at radius 3 is 1.78 bits per heavy atom. The second-order valence-electron chi connectivity index (χ2n) is 7.93. The van der Waals surface area contributed by atoms with E-state index in [0.29, 0.717) is 6.61 Å². The fraction of sp³-hybridized carbons (Fsp3) is 1.00. The Hall–Kier alpha value is 0.314. The quantitative estimate of drug-likeness (QED) is 0.288. The lowest BCUT2D eigenvalue weighted by Crippen LogP contribution is -2.44. The second kappa shape index (κ2) is 13.6. The Labute approximate surface area is 147 Å². The molecule has 0 rings (SSSR count). The average Bonchev–Trinajstić information content (AvgIpc) is 2.46. The van der Waals surface area contributed by atoms with Crippen molar-refractivity contribution in [2.24, 2.45) is 0 Å². The molecule has 0 aromatic rings. The summed E-state index contributed by atoms with van der Waals surface area (Å²) in [5.41, 5.74) is 0. The van der Waals surface area contributed by atoms with Crippen LogP contribution in [0.2, 0.25) is 38.3 Å². The number of hydrogen-bond donors (Lipinski definition) is 1. The van der Waals surface area contributed by atoms with Crippen LogP contribution in [0.5, 0.6) is 0 Å². The summed E-state index contributed by atoms with van der Waals surface area (Å²) in [6.45, 7) is 13.3. The summed E-state index contributed by atoms with van der Waals surface area (Å²) >= 11 is 0. The first kappa shape index (κ1) is 23.3. The van der Waals surface area contributed by atoms with E-state index < -0.39 is 16.6 Å². The van der Waals surface area contributed by atoms with Crippen LogP contribution in [0.3, 0.4) is 0 Å². The molecule has 0 aromatic heterocycles. The van der Waals surface area contributed by atoms with Crippen molar-refractivity contribution >= 4 is 16.6 Å². The molecule has 1 N–H and O–H groups in total. The summed E-state index contributed by atoms with van der Waals surface area (Å²) in [5.74, 6) is 0. The van der Waals surface area contributed by atoms with E-state index in [1.165, 1.54) is 57.0 Å². The van der Waals surface area contributed by atoms with Gasteiger partial charge in [-0.15, -0.1) is 0 Å². The van der Waals surface area contributed by atoms with Gasteiger partial charge in [0.15, 0.2) is 16.6 Å². The van der Waals surface area contributed by atoms with Crippen molar-refractivity contribution < 1.29 is 14.0 Å². The lowest BCUT2D eigenvalue weighted by Gasteiger charge is -2.34. The monoisotopic (exact) mass is 362 g/mol. The first-order chi connectivity index (χ1) is 10.8. The van der Waals surface area contributed by atoms with Gasteiger partial charge < -0.3 is 14.0 Å². The van der Waals surface area contributed by atoms with Crippen molar-refractivity contribution in [2.45, 2.75) is 96.6 Å². The lowest BCUT2D eigenvalue weighted by molar-refractivity contribution is 0.0895. The van der Waals surface area contributed by atoms with Crippen LogP contribution in [0.4, 0.5) is 0 Å². The summed E-state index contributed by atoms with van der Waals surface area (Å²) < 4.78 is 11.9. The standard InChI is InChI=1S/C18H42O3Si2/c1-6-7-17-22(2,3)21-23(4,5)18-13-11-9-8-10-12-15-20-16-14-19/h19H,6-18H2,1-5H3. The van der Waals surface area contributed by atoms with Crippen LogP contribution >= 0.6 is 0 Å².